The Morgan fingerprint density at radius 1 is 1.55 bits per heavy atom. The van der Waals surface area contributed by atoms with Crippen molar-refractivity contribution in [1.29, 1.82) is 0 Å². The van der Waals surface area contributed by atoms with E-state index in [1.807, 2.05) is 13.0 Å². The van der Waals surface area contributed by atoms with Gasteiger partial charge in [-0.3, -0.25) is 0 Å². The van der Waals surface area contributed by atoms with Crippen LogP contribution in [0.3, 0.4) is 0 Å². The highest BCUT2D eigenvalue weighted by Crippen LogP contribution is 2.15. The van der Waals surface area contributed by atoms with Crippen LogP contribution in [-0.2, 0) is 0 Å². The van der Waals surface area contributed by atoms with Crippen LogP contribution in [0.5, 0.6) is 0 Å². The summed E-state index contributed by atoms with van der Waals surface area (Å²) in [6, 6.07) is 0. The van der Waals surface area contributed by atoms with Crippen molar-refractivity contribution in [3.8, 4) is 0 Å². The molecule has 0 aromatic heterocycles. The minimum absolute atomic E-state index is 1.09. The first-order chi connectivity index (χ1) is 5.38. The lowest BCUT2D eigenvalue weighted by Crippen LogP contribution is -2.19. The van der Waals surface area contributed by atoms with E-state index in [1.165, 1.54) is 17.7 Å². The Morgan fingerprint density at radius 2 is 2.36 bits per heavy atom. The van der Waals surface area contributed by atoms with E-state index in [-0.39, 0.29) is 0 Å². The summed E-state index contributed by atoms with van der Waals surface area (Å²) in [4.78, 5) is 0. The van der Waals surface area contributed by atoms with Crippen molar-refractivity contribution in [3.63, 3.8) is 0 Å². The number of hydrogen-bond acceptors (Lipinski definition) is 1. The second kappa shape index (κ2) is 4.02. The summed E-state index contributed by atoms with van der Waals surface area (Å²) in [5, 5.41) is 3.34. The van der Waals surface area contributed by atoms with E-state index >= 15 is 0 Å². The van der Waals surface area contributed by atoms with Crippen molar-refractivity contribution < 1.29 is 0 Å². The summed E-state index contributed by atoms with van der Waals surface area (Å²) in [6.07, 6.45) is 8.49. The highest BCUT2D eigenvalue weighted by atomic mass is 14.9. The Balaban J connectivity index is 2.81. The lowest BCUT2D eigenvalue weighted by molar-refractivity contribution is 0.685. The van der Waals surface area contributed by atoms with Crippen LogP contribution in [0.15, 0.2) is 36.1 Å². The summed E-state index contributed by atoms with van der Waals surface area (Å²) in [5.74, 6) is 0. The maximum Gasteiger partial charge on any atom is 0.0369 e. The van der Waals surface area contributed by atoms with Crippen LogP contribution < -0.4 is 5.32 Å². The number of rotatable bonds is 2. The molecule has 0 atom stereocenters. The van der Waals surface area contributed by atoms with Crippen LogP contribution in [0.25, 0.3) is 0 Å². The predicted octanol–water partition coefficient (Wildman–Crippen LogP) is 2.39. The molecule has 0 bridgehead atoms. The molecule has 0 amide bonds. The fourth-order valence-electron chi connectivity index (χ4n) is 1.29. The molecule has 0 saturated heterocycles. The summed E-state index contributed by atoms with van der Waals surface area (Å²) >= 11 is 0. The minimum Gasteiger partial charge on any atom is -0.385 e. The van der Waals surface area contributed by atoms with E-state index in [4.69, 9.17) is 0 Å². The zero-order valence-corrected chi connectivity index (χ0v) is 7.06. The van der Waals surface area contributed by atoms with Gasteiger partial charge in [0, 0.05) is 12.2 Å². The molecule has 0 aromatic carbocycles. The van der Waals surface area contributed by atoms with E-state index < -0.39 is 0 Å². The van der Waals surface area contributed by atoms with Crippen LogP contribution in [0.4, 0.5) is 0 Å². The third kappa shape index (κ3) is 1.97. The number of nitrogens with one attached hydrogen (secondary N) is 1. The number of hydrogen-bond donors (Lipinski definition) is 1. The molecule has 1 aliphatic heterocycles. The molecule has 0 saturated carbocycles. The van der Waals surface area contributed by atoms with Crippen molar-refractivity contribution in [2.24, 2.45) is 0 Å². The Morgan fingerprint density at radius 3 is 3.00 bits per heavy atom. The van der Waals surface area contributed by atoms with Crippen LogP contribution in [0.1, 0.15) is 19.8 Å². The zero-order valence-electron chi connectivity index (χ0n) is 7.06. The van der Waals surface area contributed by atoms with Gasteiger partial charge in [0.1, 0.15) is 0 Å². The van der Waals surface area contributed by atoms with Crippen molar-refractivity contribution in [2.45, 2.75) is 19.8 Å². The fourth-order valence-corrected chi connectivity index (χ4v) is 1.29. The molecule has 60 valence electrons. The summed E-state index contributed by atoms with van der Waals surface area (Å²) in [7, 11) is 0. The highest BCUT2D eigenvalue weighted by Gasteiger charge is 2.05. The first-order valence-corrected chi connectivity index (χ1v) is 4.10. The zero-order chi connectivity index (χ0) is 8.10. The third-order valence-electron chi connectivity index (χ3n) is 1.86. The quantitative estimate of drug-likeness (QED) is 0.635. The smallest absolute Gasteiger partial charge is 0.0369 e. The molecule has 1 heterocycles. The molecule has 0 unspecified atom stereocenters. The lowest BCUT2D eigenvalue weighted by Gasteiger charge is -2.17. The monoisotopic (exact) mass is 149 g/mol. The van der Waals surface area contributed by atoms with Crippen molar-refractivity contribution in [2.75, 3.05) is 6.54 Å². The van der Waals surface area contributed by atoms with Gasteiger partial charge in [-0.2, -0.15) is 0 Å². The van der Waals surface area contributed by atoms with Gasteiger partial charge in [0.15, 0.2) is 0 Å². The fraction of sp³-hybridized carbons (Fsp3) is 0.400. The molecule has 1 N–H and O–H groups in total. The first-order valence-electron chi connectivity index (χ1n) is 4.10. The van der Waals surface area contributed by atoms with Gasteiger partial charge in [-0.15, -0.1) is 0 Å². The SMILES string of the molecule is C=CC1=C(/C=C\C)NCCC1. The van der Waals surface area contributed by atoms with Gasteiger partial charge in [-0.05, 0) is 31.4 Å². The average molecular weight is 149 g/mol. The minimum atomic E-state index is 1.09. The molecule has 11 heavy (non-hydrogen) atoms. The summed E-state index contributed by atoms with van der Waals surface area (Å²) in [6.45, 7) is 6.91. The topological polar surface area (TPSA) is 12.0 Å². The maximum absolute atomic E-state index is 3.79. The molecular weight excluding hydrogens is 134 g/mol. The molecule has 1 aliphatic rings. The normalized spacial score (nSPS) is 18.6. The maximum atomic E-state index is 3.79. The lowest BCUT2D eigenvalue weighted by atomic mass is 10.0. The van der Waals surface area contributed by atoms with Crippen molar-refractivity contribution in [1.82, 2.24) is 5.32 Å². The van der Waals surface area contributed by atoms with Crippen LogP contribution in [0.2, 0.25) is 0 Å². The van der Waals surface area contributed by atoms with Crippen LogP contribution in [-0.4, -0.2) is 6.54 Å². The molecule has 0 spiro atoms. The van der Waals surface area contributed by atoms with E-state index in [0.717, 1.165) is 13.0 Å². The molecule has 0 radical (unpaired) electrons. The van der Waals surface area contributed by atoms with Gasteiger partial charge in [0.25, 0.3) is 0 Å². The van der Waals surface area contributed by atoms with Gasteiger partial charge in [-0.1, -0.05) is 18.7 Å². The molecule has 0 fully saturated rings. The summed E-state index contributed by atoms with van der Waals surface area (Å²) < 4.78 is 0. The third-order valence-corrected chi connectivity index (χ3v) is 1.86. The molecular formula is C10H15N. The van der Waals surface area contributed by atoms with Gasteiger partial charge in [0.05, 0.1) is 0 Å². The molecule has 1 nitrogen and oxygen atoms in total. The van der Waals surface area contributed by atoms with Crippen molar-refractivity contribution in [3.05, 3.63) is 36.1 Å². The van der Waals surface area contributed by atoms with E-state index in [2.05, 4.69) is 24.0 Å². The second-order valence-electron chi connectivity index (χ2n) is 2.67. The van der Waals surface area contributed by atoms with Gasteiger partial charge in [-0.25, -0.2) is 0 Å². The molecule has 0 aromatic rings. The molecule has 1 heteroatoms. The van der Waals surface area contributed by atoms with Crippen LogP contribution >= 0.6 is 0 Å². The Labute approximate surface area is 68.5 Å². The Hall–Kier alpha value is -0.980. The predicted molar refractivity (Wildman–Crippen MR) is 49.3 cm³/mol. The van der Waals surface area contributed by atoms with Gasteiger partial charge in [0.2, 0.25) is 0 Å². The Bertz CT molecular complexity index is 199. The number of allylic oxidation sites excluding steroid dienone is 4. The standard InChI is InChI=1S/C10H15N/c1-3-6-10-9(4-2)7-5-8-11-10/h3-4,6,11H,2,5,7-8H2,1H3/b6-3-. The van der Waals surface area contributed by atoms with Crippen LogP contribution in [0, 0.1) is 0 Å². The van der Waals surface area contributed by atoms with E-state index in [9.17, 15) is 0 Å². The summed E-state index contributed by atoms with van der Waals surface area (Å²) in [5.41, 5.74) is 2.59. The van der Waals surface area contributed by atoms with E-state index in [1.54, 1.807) is 0 Å². The molecule has 1 rings (SSSR count). The van der Waals surface area contributed by atoms with Gasteiger partial charge < -0.3 is 5.32 Å². The largest absolute Gasteiger partial charge is 0.385 e. The molecule has 0 aliphatic carbocycles. The first kappa shape index (κ1) is 8.12. The second-order valence-corrected chi connectivity index (χ2v) is 2.67. The van der Waals surface area contributed by atoms with Gasteiger partial charge >= 0.3 is 0 Å². The average Bonchev–Trinajstić information content (AvgIpc) is 2.06. The van der Waals surface area contributed by atoms with E-state index in [0.29, 0.717) is 0 Å². The Kier molecular flexibility index (Phi) is 2.96. The van der Waals surface area contributed by atoms with Crippen molar-refractivity contribution >= 4 is 0 Å². The highest BCUT2D eigenvalue weighted by molar-refractivity contribution is 5.32.